The van der Waals surface area contributed by atoms with Gasteiger partial charge in [0.15, 0.2) is 11.2 Å². The Morgan fingerprint density at radius 2 is 2.25 bits per heavy atom. The van der Waals surface area contributed by atoms with Crippen molar-refractivity contribution in [1.82, 2.24) is 25.0 Å². The van der Waals surface area contributed by atoms with Gasteiger partial charge in [0.25, 0.3) is 5.56 Å². The Morgan fingerprint density at radius 1 is 1.50 bits per heavy atom. The van der Waals surface area contributed by atoms with E-state index in [0.29, 0.717) is 24.0 Å². The van der Waals surface area contributed by atoms with Crippen LogP contribution in [0, 0.1) is 17.3 Å². The fraction of sp³-hybridized carbons (Fsp3) is 0.667. The molecule has 0 amide bonds. The fourth-order valence-electron chi connectivity index (χ4n) is 2.96. The van der Waals surface area contributed by atoms with E-state index in [4.69, 9.17) is 5.73 Å². The minimum absolute atomic E-state index is 0.0414. The number of nitrogens with one attached hydrogen (secondary N) is 1. The summed E-state index contributed by atoms with van der Waals surface area (Å²) in [4.78, 5) is 18.2. The Bertz CT molecular complexity index is 704. The molecular weight excluding hydrogens is 260 g/mol. The molecule has 8 heteroatoms. The Kier molecular flexibility index (Phi) is 2.79. The highest BCUT2D eigenvalue weighted by atomic mass is 16.3. The van der Waals surface area contributed by atoms with Gasteiger partial charge in [-0.3, -0.25) is 9.78 Å². The van der Waals surface area contributed by atoms with Crippen LogP contribution in [0.1, 0.15) is 20.3 Å². The average molecular weight is 278 g/mol. The molecule has 2 aromatic heterocycles. The van der Waals surface area contributed by atoms with Crippen LogP contribution in [0.3, 0.4) is 0 Å². The van der Waals surface area contributed by atoms with Crippen molar-refractivity contribution in [2.75, 3.05) is 12.3 Å². The van der Waals surface area contributed by atoms with Gasteiger partial charge in [0, 0.05) is 13.2 Å². The number of nitrogen functional groups attached to an aromatic ring is 1. The minimum Gasteiger partial charge on any atom is -0.396 e. The van der Waals surface area contributed by atoms with Crippen molar-refractivity contribution in [3.63, 3.8) is 0 Å². The molecule has 4 N–H and O–H groups in total. The average Bonchev–Trinajstić information content (AvgIpc) is 2.77. The SMILES string of the molecule is CC1(C)C(CO)CC1Cn1nnc2c(=O)[nH]c(N)nc21. The first-order valence-electron chi connectivity index (χ1n) is 6.63. The molecule has 0 spiro atoms. The van der Waals surface area contributed by atoms with E-state index >= 15 is 0 Å². The van der Waals surface area contributed by atoms with Crippen LogP contribution < -0.4 is 11.3 Å². The van der Waals surface area contributed by atoms with Gasteiger partial charge in [0.05, 0.1) is 0 Å². The van der Waals surface area contributed by atoms with E-state index in [0.717, 1.165) is 6.42 Å². The standard InChI is InChI=1S/C12H18N6O2/c1-12(2)6(3-7(12)5-19)4-18-9-8(16-17-18)10(20)15-11(13)14-9/h6-7,19H,3-5H2,1-2H3,(H3,13,14,15,20). The maximum Gasteiger partial charge on any atom is 0.282 e. The summed E-state index contributed by atoms with van der Waals surface area (Å²) in [6, 6.07) is 0. The lowest BCUT2D eigenvalue weighted by atomic mass is 9.55. The van der Waals surface area contributed by atoms with Crippen molar-refractivity contribution in [1.29, 1.82) is 0 Å². The summed E-state index contributed by atoms with van der Waals surface area (Å²) in [5, 5.41) is 17.2. The molecule has 0 aromatic carbocycles. The number of hydrogen-bond acceptors (Lipinski definition) is 6. The third-order valence-corrected chi connectivity index (χ3v) is 4.68. The Hall–Kier alpha value is -1.96. The van der Waals surface area contributed by atoms with Gasteiger partial charge in [-0.2, -0.15) is 4.98 Å². The van der Waals surface area contributed by atoms with Gasteiger partial charge in [0.1, 0.15) is 0 Å². The number of aliphatic hydroxyl groups is 1. The number of aromatic nitrogens is 5. The highest BCUT2D eigenvalue weighted by Crippen LogP contribution is 2.51. The highest BCUT2D eigenvalue weighted by Gasteiger charge is 2.47. The second-order valence-electron chi connectivity index (χ2n) is 6.03. The summed E-state index contributed by atoms with van der Waals surface area (Å²) in [6.45, 7) is 5.09. The first-order valence-corrected chi connectivity index (χ1v) is 6.63. The molecule has 0 saturated heterocycles. The molecule has 1 fully saturated rings. The van der Waals surface area contributed by atoms with Gasteiger partial charge in [-0.05, 0) is 23.7 Å². The number of rotatable bonds is 3. The van der Waals surface area contributed by atoms with Crippen LogP contribution in [-0.2, 0) is 6.54 Å². The molecule has 3 rings (SSSR count). The zero-order valence-electron chi connectivity index (χ0n) is 11.5. The van der Waals surface area contributed by atoms with Crippen molar-refractivity contribution in [3.8, 4) is 0 Å². The summed E-state index contributed by atoms with van der Waals surface area (Å²) in [5.41, 5.74) is 5.84. The number of nitrogens with two attached hydrogens (primary N) is 1. The van der Waals surface area contributed by atoms with Crippen molar-refractivity contribution in [3.05, 3.63) is 10.4 Å². The van der Waals surface area contributed by atoms with Gasteiger partial charge in [-0.15, -0.1) is 5.10 Å². The number of aliphatic hydroxyl groups excluding tert-OH is 1. The van der Waals surface area contributed by atoms with Crippen LogP contribution in [0.2, 0.25) is 0 Å². The normalized spacial score (nSPS) is 24.8. The third-order valence-electron chi connectivity index (χ3n) is 4.68. The summed E-state index contributed by atoms with van der Waals surface area (Å²) in [7, 11) is 0. The second-order valence-corrected chi connectivity index (χ2v) is 6.03. The molecule has 2 aromatic rings. The second kappa shape index (κ2) is 4.27. The molecule has 2 heterocycles. The zero-order chi connectivity index (χ0) is 14.5. The van der Waals surface area contributed by atoms with E-state index in [9.17, 15) is 9.90 Å². The summed E-state index contributed by atoms with van der Waals surface area (Å²) < 4.78 is 1.63. The lowest BCUT2D eigenvalue weighted by Crippen LogP contribution is -2.48. The van der Waals surface area contributed by atoms with Crippen LogP contribution >= 0.6 is 0 Å². The molecule has 2 unspecified atom stereocenters. The first kappa shape index (κ1) is 13.0. The van der Waals surface area contributed by atoms with Crippen molar-refractivity contribution < 1.29 is 5.11 Å². The van der Waals surface area contributed by atoms with E-state index in [1.807, 2.05) is 0 Å². The van der Waals surface area contributed by atoms with E-state index in [2.05, 4.69) is 34.1 Å². The van der Waals surface area contributed by atoms with Crippen LogP contribution in [0.5, 0.6) is 0 Å². The summed E-state index contributed by atoms with van der Waals surface area (Å²) >= 11 is 0. The quantitative estimate of drug-likeness (QED) is 0.711. The molecule has 2 atom stereocenters. The van der Waals surface area contributed by atoms with Gasteiger partial charge in [-0.1, -0.05) is 19.1 Å². The number of anilines is 1. The van der Waals surface area contributed by atoms with Gasteiger partial charge < -0.3 is 10.8 Å². The van der Waals surface area contributed by atoms with Crippen LogP contribution in [-0.4, -0.2) is 36.7 Å². The van der Waals surface area contributed by atoms with E-state index < -0.39 is 0 Å². The minimum atomic E-state index is -0.375. The predicted molar refractivity (Wildman–Crippen MR) is 72.8 cm³/mol. The lowest BCUT2D eigenvalue weighted by Gasteiger charge is -2.51. The van der Waals surface area contributed by atoms with Crippen molar-refractivity contribution >= 4 is 17.1 Å². The number of H-pyrrole nitrogens is 1. The molecule has 0 aliphatic heterocycles. The van der Waals surface area contributed by atoms with Crippen molar-refractivity contribution in [2.45, 2.75) is 26.8 Å². The Morgan fingerprint density at radius 3 is 2.90 bits per heavy atom. The molecule has 0 bridgehead atoms. The molecule has 108 valence electrons. The largest absolute Gasteiger partial charge is 0.396 e. The molecule has 1 saturated carbocycles. The number of hydrogen-bond donors (Lipinski definition) is 3. The number of fused-ring (bicyclic) bond motifs is 1. The topological polar surface area (TPSA) is 123 Å². The fourth-order valence-corrected chi connectivity index (χ4v) is 2.96. The van der Waals surface area contributed by atoms with Gasteiger partial charge >= 0.3 is 0 Å². The van der Waals surface area contributed by atoms with Gasteiger partial charge in [0.2, 0.25) is 5.95 Å². The smallest absolute Gasteiger partial charge is 0.282 e. The number of nitrogens with zero attached hydrogens (tertiary/aromatic N) is 4. The first-order chi connectivity index (χ1) is 9.43. The number of aromatic amines is 1. The van der Waals surface area contributed by atoms with E-state index in [1.54, 1.807) is 4.68 Å². The van der Waals surface area contributed by atoms with Gasteiger partial charge in [-0.25, -0.2) is 4.68 Å². The predicted octanol–water partition coefficient (Wildman–Crippen LogP) is -0.249. The monoisotopic (exact) mass is 278 g/mol. The summed E-state index contributed by atoms with van der Waals surface area (Å²) in [6.07, 6.45) is 0.934. The Balaban J connectivity index is 1.91. The Labute approximate surface area is 115 Å². The molecule has 0 radical (unpaired) electrons. The maximum atomic E-state index is 11.7. The van der Waals surface area contributed by atoms with Crippen LogP contribution in [0.25, 0.3) is 11.2 Å². The molecule has 1 aliphatic carbocycles. The van der Waals surface area contributed by atoms with Crippen molar-refractivity contribution in [2.24, 2.45) is 17.3 Å². The molecule has 8 nitrogen and oxygen atoms in total. The molecule has 20 heavy (non-hydrogen) atoms. The zero-order valence-corrected chi connectivity index (χ0v) is 11.5. The maximum absolute atomic E-state index is 11.7. The van der Waals surface area contributed by atoms with E-state index in [1.165, 1.54) is 0 Å². The summed E-state index contributed by atoms with van der Waals surface area (Å²) in [5.74, 6) is 0.739. The highest BCUT2D eigenvalue weighted by molar-refractivity contribution is 5.69. The molecule has 1 aliphatic rings. The lowest BCUT2D eigenvalue weighted by molar-refractivity contribution is -0.0607. The van der Waals surface area contributed by atoms with Crippen LogP contribution in [0.15, 0.2) is 4.79 Å². The van der Waals surface area contributed by atoms with E-state index in [-0.39, 0.29) is 29.0 Å². The third kappa shape index (κ3) is 1.79. The van der Waals surface area contributed by atoms with Crippen LogP contribution in [0.4, 0.5) is 5.95 Å². The molecular formula is C12H18N6O2.